The average molecular weight is 417 g/mol. The number of hydrogen-bond acceptors (Lipinski definition) is 5. The van der Waals surface area contributed by atoms with Gasteiger partial charge >= 0.3 is 5.97 Å². The average Bonchev–Trinajstić information content (AvgIpc) is 3.06. The van der Waals surface area contributed by atoms with Crippen LogP contribution in [-0.4, -0.2) is 30.4 Å². The van der Waals surface area contributed by atoms with Crippen LogP contribution in [0.25, 0.3) is 0 Å². The highest BCUT2D eigenvalue weighted by Crippen LogP contribution is 2.66. The third kappa shape index (κ3) is 3.10. The van der Waals surface area contributed by atoms with Crippen molar-refractivity contribution in [3.8, 4) is 0 Å². The second-order valence-corrected chi connectivity index (χ2v) is 11.0. The molecular weight excluding hydrogens is 380 g/mol. The highest BCUT2D eigenvalue weighted by Gasteiger charge is 2.66. The molecule has 5 nitrogen and oxygen atoms in total. The number of rotatable bonds is 4. The lowest BCUT2D eigenvalue weighted by molar-refractivity contribution is -0.166. The van der Waals surface area contributed by atoms with Crippen LogP contribution < -0.4 is 0 Å². The summed E-state index contributed by atoms with van der Waals surface area (Å²) in [7, 11) is 1.41. The molecule has 0 aromatic carbocycles. The Labute approximate surface area is 179 Å². The summed E-state index contributed by atoms with van der Waals surface area (Å²) < 4.78 is 4.80. The van der Waals surface area contributed by atoms with Gasteiger partial charge in [0.05, 0.1) is 7.11 Å². The van der Waals surface area contributed by atoms with Crippen molar-refractivity contribution in [2.24, 2.45) is 46.3 Å². The number of ether oxygens (including phenoxy) is 1. The maximum atomic E-state index is 13.7. The molecule has 30 heavy (non-hydrogen) atoms. The lowest BCUT2D eigenvalue weighted by atomic mass is 9.44. The fourth-order valence-electron chi connectivity index (χ4n) is 8.04. The molecule has 4 rings (SSSR count). The number of Topliss-reactive ketones (excluding diaryl/α,β-unsaturated/α-hetero) is 3. The van der Waals surface area contributed by atoms with E-state index in [1.165, 1.54) is 7.11 Å². The van der Waals surface area contributed by atoms with Gasteiger partial charge < -0.3 is 4.74 Å². The highest BCUT2D eigenvalue weighted by atomic mass is 16.5. The molecule has 0 heterocycles. The van der Waals surface area contributed by atoms with E-state index in [1.807, 2.05) is 0 Å². The minimum Gasteiger partial charge on any atom is -0.469 e. The Morgan fingerprint density at radius 3 is 2.53 bits per heavy atom. The van der Waals surface area contributed by atoms with E-state index < -0.39 is 5.41 Å². The van der Waals surface area contributed by atoms with Gasteiger partial charge in [0.1, 0.15) is 17.3 Å². The molecular formula is C25H36O5. The Bertz CT molecular complexity index is 772. The van der Waals surface area contributed by atoms with Crippen LogP contribution in [0.15, 0.2) is 0 Å². The molecule has 0 aromatic rings. The number of carbonyl (C=O) groups is 4. The van der Waals surface area contributed by atoms with Crippen molar-refractivity contribution in [1.82, 2.24) is 0 Å². The zero-order chi connectivity index (χ0) is 21.8. The van der Waals surface area contributed by atoms with Crippen molar-refractivity contribution in [3.05, 3.63) is 0 Å². The molecule has 0 saturated heterocycles. The van der Waals surface area contributed by atoms with E-state index in [9.17, 15) is 19.2 Å². The van der Waals surface area contributed by atoms with Crippen molar-refractivity contribution in [2.75, 3.05) is 7.11 Å². The summed E-state index contributed by atoms with van der Waals surface area (Å²) in [4.78, 5) is 50.7. The molecule has 4 fully saturated rings. The normalized spacial score (nSPS) is 44.1. The van der Waals surface area contributed by atoms with E-state index in [0.29, 0.717) is 43.7 Å². The largest absolute Gasteiger partial charge is 0.469 e. The zero-order valence-corrected chi connectivity index (χ0v) is 18.9. The van der Waals surface area contributed by atoms with E-state index in [2.05, 4.69) is 20.8 Å². The molecule has 5 heteroatoms. The maximum absolute atomic E-state index is 13.7. The quantitative estimate of drug-likeness (QED) is 0.643. The predicted octanol–water partition coefficient (Wildman–Crippen LogP) is 4.16. The molecule has 0 unspecified atom stereocenters. The Morgan fingerprint density at radius 2 is 1.83 bits per heavy atom. The van der Waals surface area contributed by atoms with Gasteiger partial charge in [-0.2, -0.15) is 0 Å². The molecule has 0 N–H and O–H groups in total. The molecule has 0 aromatic heterocycles. The minimum atomic E-state index is -0.472. The molecule has 4 aliphatic carbocycles. The molecule has 0 bridgehead atoms. The molecule has 0 radical (unpaired) electrons. The first-order chi connectivity index (χ1) is 14.1. The van der Waals surface area contributed by atoms with Gasteiger partial charge in [-0.05, 0) is 60.7 Å². The van der Waals surface area contributed by atoms with Crippen LogP contribution in [0.2, 0.25) is 0 Å². The van der Waals surface area contributed by atoms with Crippen molar-refractivity contribution in [3.63, 3.8) is 0 Å². The summed E-state index contributed by atoms with van der Waals surface area (Å²) in [6.07, 6.45) is 5.87. The van der Waals surface area contributed by atoms with Crippen LogP contribution in [0.1, 0.15) is 78.6 Å². The number of methoxy groups -OCH3 is 1. The van der Waals surface area contributed by atoms with Crippen LogP contribution >= 0.6 is 0 Å². The first-order valence-electron chi connectivity index (χ1n) is 11.8. The van der Waals surface area contributed by atoms with Crippen LogP contribution in [-0.2, 0) is 23.9 Å². The molecule has 4 aliphatic rings. The van der Waals surface area contributed by atoms with Crippen molar-refractivity contribution < 1.29 is 23.9 Å². The molecule has 0 spiro atoms. The van der Waals surface area contributed by atoms with Gasteiger partial charge in [-0.3, -0.25) is 19.2 Å². The first-order valence-corrected chi connectivity index (χ1v) is 11.8. The number of hydrogen-bond donors (Lipinski definition) is 0. The SMILES string of the molecule is COC(=O)CC[C@@H](C)[C@H]1CC[C@H]2[C@@H]3C(=O)C[C@H]4CC(=O)CC[C@]4(C)[C@H]3CC(=O)[C@]12C. The van der Waals surface area contributed by atoms with Crippen molar-refractivity contribution in [1.29, 1.82) is 0 Å². The third-order valence-electron chi connectivity index (χ3n) is 9.94. The summed E-state index contributed by atoms with van der Waals surface area (Å²) in [5.74, 6) is 1.41. The number of ketones is 3. The number of carbonyl (C=O) groups excluding carboxylic acids is 4. The summed E-state index contributed by atoms with van der Waals surface area (Å²) >= 11 is 0. The van der Waals surface area contributed by atoms with E-state index in [-0.39, 0.29) is 52.7 Å². The van der Waals surface area contributed by atoms with E-state index >= 15 is 0 Å². The molecule has 0 aliphatic heterocycles. The van der Waals surface area contributed by atoms with Crippen molar-refractivity contribution in [2.45, 2.75) is 78.6 Å². The molecule has 0 amide bonds. The van der Waals surface area contributed by atoms with E-state index in [1.54, 1.807) is 0 Å². The molecule has 8 atom stereocenters. The highest BCUT2D eigenvalue weighted by molar-refractivity contribution is 5.93. The minimum absolute atomic E-state index is 0.0417. The molecule has 166 valence electrons. The summed E-state index contributed by atoms with van der Waals surface area (Å²) in [5, 5.41) is 0. The number of fused-ring (bicyclic) bond motifs is 5. The van der Waals surface area contributed by atoms with E-state index in [0.717, 1.165) is 25.7 Å². The second-order valence-electron chi connectivity index (χ2n) is 11.0. The fourth-order valence-corrected chi connectivity index (χ4v) is 8.04. The lowest BCUT2D eigenvalue weighted by Crippen LogP contribution is -2.60. The van der Waals surface area contributed by atoms with Crippen molar-refractivity contribution >= 4 is 23.3 Å². The monoisotopic (exact) mass is 416 g/mol. The lowest BCUT2D eigenvalue weighted by Gasteiger charge is -2.58. The van der Waals surface area contributed by atoms with Gasteiger partial charge in [0.15, 0.2) is 0 Å². The van der Waals surface area contributed by atoms with Crippen LogP contribution in [0.3, 0.4) is 0 Å². The standard InChI is InChI=1S/C25H36O5/c1-14(5-8-22(29)30-4)17-6-7-18-23-19(13-21(28)25(17,18)3)24(2)10-9-16(26)11-15(24)12-20(23)27/h14-15,17-19,23H,5-13H2,1-4H3/t14-,15-,17-,18+,19+,23+,24+,25-/m1/s1. The van der Waals surface area contributed by atoms with Gasteiger partial charge in [-0.15, -0.1) is 0 Å². The molecule has 4 saturated carbocycles. The van der Waals surface area contributed by atoms with Crippen LogP contribution in [0.4, 0.5) is 0 Å². The number of esters is 1. The smallest absolute Gasteiger partial charge is 0.305 e. The Morgan fingerprint density at radius 1 is 1.10 bits per heavy atom. The zero-order valence-electron chi connectivity index (χ0n) is 18.9. The fraction of sp³-hybridized carbons (Fsp3) is 0.840. The Balaban J connectivity index is 1.60. The first kappa shape index (κ1) is 21.7. The van der Waals surface area contributed by atoms with Gasteiger partial charge in [-0.1, -0.05) is 20.8 Å². The van der Waals surface area contributed by atoms with Gasteiger partial charge in [0, 0.05) is 43.4 Å². The van der Waals surface area contributed by atoms with Gasteiger partial charge in [0.2, 0.25) is 0 Å². The third-order valence-corrected chi connectivity index (χ3v) is 9.94. The summed E-state index contributed by atoms with van der Waals surface area (Å²) in [6, 6.07) is 0. The summed E-state index contributed by atoms with van der Waals surface area (Å²) in [6.45, 7) is 6.50. The summed E-state index contributed by atoms with van der Waals surface area (Å²) in [5.41, 5.74) is -0.544. The van der Waals surface area contributed by atoms with Gasteiger partial charge in [-0.25, -0.2) is 0 Å². The maximum Gasteiger partial charge on any atom is 0.305 e. The predicted molar refractivity (Wildman–Crippen MR) is 111 cm³/mol. The second kappa shape index (κ2) is 7.56. The van der Waals surface area contributed by atoms with Gasteiger partial charge in [0.25, 0.3) is 0 Å². The van der Waals surface area contributed by atoms with Crippen LogP contribution in [0.5, 0.6) is 0 Å². The topological polar surface area (TPSA) is 77.5 Å². The van der Waals surface area contributed by atoms with Crippen LogP contribution in [0, 0.1) is 46.3 Å². The Hall–Kier alpha value is -1.52. The Kier molecular flexibility index (Phi) is 5.47. The van der Waals surface area contributed by atoms with E-state index in [4.69, 9.17) is 4.74 Å².